The van der Waals surface area contributed by atoms with Crippen molar-refractivity contribution >= 4 is 22.7 Å². The number of carbonyl (C=O) groups excluding carboxylic acids is 1. The van der Waals surface area contributed by atoms with E-state index in [1.54, 1.807) is 49.4 Å². The third-order valence-electron chi connectivity index (χ3n) is 3.71. The molecule has 0 atom stereocenters. The highest BCUT2D eigenvalue weighted by atomic mass is 16.5. The summed E-state index contributed by atoms with van der Waals surface area (Å²) in [6.45, 7) is 2.95. The minimum absolute atomic E-state index is 0.234. The van der Waals surface area contributed by atoms with Gasteiger partial charge >= 0.3 is 0 Å². The lowest BCUT2D eigenvalue weighted by Gasteiger charge is -2.08. The molecule has 0 saturated carbocycles. The van der Waals surface area contributed by atoms with Crippen molar-refractivity contribution in [2.24, 2.45) is 0 Å². The molecule has 126 valence electrons. The van der Waals surface area contributed by atoms with Crippen molar-refractivity contribution in [2.45, 2.75) is 20.1 Å². The second-order valence-corrected chi connectivity index (χ2v) is 5.19. The molecule has 0 radical (unpaired) electrons. The number of anilines is 1. The van der Waals surface area contributed by atoms with Gasteiger partial charge in [0.05, 0.1) is 18.9 Å². The molecule has 2 aromatic heterocycles. The fourth-order valence-corrected chi connectivity index (χ4v) is 2.60. The molecular formula is C17H19N3O4. The molecule has 0 spiro atoms. The van der Waals surface area contributed by atoms with Crippen LogP contribution in [0.5, 0.6) is 5.75 Å². The Labute approximate surface area is 139 Å². The predicted molar refractivity (Wildman–Crippen MR) is 89.3 cm³/mol. The number of amides is 1. The van der Waals surface area contributed by atoms with E-state index in [-0.39, 0.29) is 5.91 Å². The fraction of sp³-hybridized carbons (Fsp3) is 0.294. The number of aryl methyl sites for hydroxylation is 1. The Hall–Kier alpha value is -2.80. The average Bonchev–Trinajstić information content (AvgIpc) is 3.20. The number of benzene rings is 1. The Bertz CT molecular complexity index is 866. The van der Waals surface area contributed by atoms with Crippen molar-refractivity contribution in [3.8, 4) is 5.75 Å². The molecule has 2 heterocycles. The number of hydrogen-bond donors (Lipinski definition) is 1. The molecule has 0 aliphatic heterocycles. The van der Waals surface area contributed by atoms with E-state index >= 15 is 0 Å². The molecule has 0 aliphatic carbocycles. The highest BCUT2D eigenvalue weighted by Crippen LogP contribution is 2.32. The molecule has 7 nitrogen and oxygen atoms in total. The van der Waals surface area contributed by atoms with Gasteiger partial charge in [-0.05, 0) is 25.1 Å². The zero-order valence-corrected chi connectivity index (χ0v) is 13.8. The molecule has 24 heavy (non-hydrogen) atoms. The van der Waals surface area contributed by atoms with Crippen LogP contribution >= 0.6 is 0 Å². The number of rotatable bonds is 6. The minimum atomic E-state index is -0.234. The van der Waals surface area contributed by atoms with Crippen molar-refractivity contribution in [3.63, 3.8) is 0 Å². The molecule has 0 bridgehead atoms. The summed E-state index contributed by atoms with van der Waals surface area (Å²) in [4.78, 5) is 12.7. The van der Waals surface area contributed by atoms with Gasteiger partial charge in [-0.25, -0.2) is 4.68 Å². The van der Waals surface area contributed by atoms with Crippen LogP contribution in [0.4, 0.5) is 5.82 Å². The molecule has 3 aromatic rings. The second-order valence-electron chi connectivity index (χ2n) is 5.19. The lowest BCUT2D eigenvalue weighted by Crippen LogP contribution is -2.15. The van der Waals surface area contributed by atoms with Gasteiger partial charge in [-0.2, -0.15) is 5.10 Å². The number of furan rings is 1. The molecule has 0 aliphatic rings. The maximum atomic E-state index is 12.7. The first-order chi connectivity index (χ1) is 11.7. The molecule has 1 N–H and O–H groups in total. The van der Waals surface area contributed by atoms with Crippen molar-refractivity contribution in [2.75, 3.05) is 19.5 Å². The van der Waals surface area contributed by atoms with Gasteiger partial charge in [0.25, 0.3) is 5.91 Å². The van der Waals surface area contributed by atoms with Gasteiger partial charge in [0.2, 0.25) is 0 Å². The zero-order chi connectivity index (χ0) is 17.1. The maximum Gasteiger partial charge on any atom is 0.257 e. The molecule has 1 amide bonds. The van der Waals surface area contributed by atoms with Crippen LogP contribution in [0.2, 0.25) is 0 Å². The predicted octanol–water partition coefficient (Wildman–Crippen LogP) is 3.06. The van der Waals surface area contributed by atoms with Crippen LogP contribution in [0.1, 0.15) is 23.0 Å². The van der Waals surface area contributed by atoms with Crippen LogP contribution in [0.25, 0.3) is 11.0 Å². The summed E-state index contributed by atoms with van der Waals surface area (Å²) in [5.74, 6) is 1.61. The first kappa shape index (κ1) is 16.1. The van der Waals surface area contributed by atoms with Crippen LogP contribution < -0.4 is 10.1 Å². The largest absolute Gasteiger partial charge is 0.493 e. The van der Waals surface area contributed by atoms with E-state index in [4.69, 9.17) is 13.9 Å². The number of aromatic nitrogens is 2. The lowest BCUT2D eigenvalue weighted by molar-refractivity contribution is 0.102. The number of nitrogens with zero attached hydrogens (tertiary/aromatic N) is 2. The maximum absolute atomic E-state index is 12.7. The van der Waals surface area contributed by atoms with E-state index in [1.165, 1.54) is 0 Å². The van der Waals surface area contributed by atoms with E-state index in [2.05, 4.69) is 10.4 Å². The van der Waals surface area contributed by atoms with Gasteiger partial charge in [0, 0.05) is 25.1 Å². The van der Waals surface area contributed by atoms with Gasteiger partial charge in [-0.1, -0.05) is 0 Å². The van der Waals surface area contributed by atoms with Crippen LogP contribution in [0, 0.1) is 0 Å². The molecule has 1 aromatic carbocycles. The van der Waals surface area contributed by atoms with Gasteiger partial charge in [0.15, 0.2) is 11.3 Å². The van der Waals surface area contributed by atoms with Gasteiger partial charge < -0.3 is 19.2 Å². The minimum Gasteiger partial charge on any atom is -0.493 e. The van der Waals surface area contributed by atoms with Crippen molar-refractivity contribution < 1.29 is 18.7 Å². The van der Waals surface area contributed by atoms with E-state index in [1.807, 2.05) is 6.92 Å². The summed E-state index contributed by atoms with van der Waals surface area (Å²) in [5.41, 5.74) is 1.03. The van der Waals surface area contributed by atoms with Gasteiger partial charge in [-0.3, -0.25) is 4.79 Å². The number of fused-ring (bicyclic) bond motifs is 1. The molecule has 0 fully saturated rings. The summed E-state index contributed by atoms with van der Waals surface area (Å²) < 4.78 is 17.9. The molecule has 3 rings (SSSR count). The Morgan fingerprint density at radius 3 is 2.88 bits per heavy atom. The van der Waals surface area contributed by atoms with Gasteiger partial charge in [0.1, 0.15) is 18.2 Å². The number of hydrogen-bond acceptors (Lipinski definition) is 5. The highest BCUT2D eigenvalue weighted by molar-refractivity contribution is 6.13. The van der Waals surface area contributed by atoms with Crippen LogP contribution in [0.15, 0.2) is 34.9 Å². The molecule has 0 saturated heterocycles. The normalized spacial score (nSPS) is 11.0. The Kier molecular flexibility index (Phi) is 4.52. The summed E-state index contributed by atoms with van der Waals surface area (Å²) >= 11 is 0. The summed E-state index contributed by atoms with van der Waals surface area (Å²) in [6, 6.07) is 6.99. The Morgan fingerprint density at radius 1 is 1.33 bits per heavy atom. The standard InChI is InChI=1S/C17H19N3O4/c1-4-20-15(7-8-18-20)19-17(21)12-5-6-14(23-3)16-13(12)9-11(24-16)10-22-2/h5-9H,4,10H2,1-3H3,(H,19,21). The highest BCUT2D eigenvalue weighted by Gasteiger charge is 2.18. The Morgan fingerprint density at radius 2 is 2.17 bits per heavy atom. The first-order valence-electron chi connectivity index (χ1n) is 7.59. The van der Waals surface area contributed by atoms with Crippen LogP contribution in [-0.4, -0.2) is 29.9 Å². The van der Waals surface area contributed by atoms with E-state index in [0.717, 1.165) is 0 Å². The number of ether oxygens (including phenoxy) is 2. The van der Waals surface area contributed by atoms with Crippen LogP contribution in [0.3, 0.4) is 0 Å². The number of carbonyl (C=O) groups is 1. The SMILES string of the molecule is CCn1nccc1NC(=O)c1ccc(OC)c2oc(COC)cc12. The van der Waals surface area contributed by atoms with Gasteiger partial charge in [-0.15, -0.1) is 0 Å². The zero-order valence-electron chi connectivity index (χ0n) is 13.8. The first-order valence-corrected chi connectivity index (χ1v) is 7.59. The third-order valence-corrected chi connectivity index (χ3v) is 3.71. The second kappa shape index (κ2) is 6.76. The quantitative estimate of drug-likeness (QED) is 0.752. The van der Waals surface area contributed by atoms with E-state index < -0.39 is 0 Å². The summed E-state index contributed by atoms with van der Waals surface area (Å²) in [7, 11) is 3.15. The Balaban J connectivity index is 2.00. The van der Waals surface area contributed by atoms with Crippen molar-refractivity contribution in [1.82, 2.24) is 9.78 Å². The summed E-state index contributed by atoms with van der Waals surface area (Å²) in [5, 5.41) is 7.70. The van der Waals surface area contributed by atoms with E-state index in [9.17, 15) is 4.79 Å². The van der Waals surface area contributed by atoms with E-state index in [0.29, 0.717) is 47.0 Å². The fourth-order valence-electron chi connectivity index (χ4n) is 2.60. The van der Waals surface area contributed by atoms with Crippen molar-refractivity contribution in [3.05, 3.63) is 41.8 Å². The number of nitrogens with one attached hydrogen (secondary N) is 1. The molecule has 7 heteroatoms. The lowest BCUT2D eigenvalue weighted by atomic mass is 10.1. The average molecular weight is 329 g/mol. The topological polar surface area (TPSA) is 78.5 Å². The molecule has 0 unspecified atom stereocenters. The summed E-state index contributed by atoms with van der Waals surface area (Å²) in [6.07, 6.45) is 1.65. The monoisotopic (exact) mass is 329 g/mol. The third kappa shape index (κ3) is 2.85. The number of methoxy groups -OCH3 is 2. The smallest absolute Gasteiger partial charge is 0.257 e. The molecular weight excluding hydrogens is 310 g/mol. The van der Waals surface area contributed by atoms with Crippen molar-refractivity contribution in [1.29, 1.82) is 0 Å². The van der Waals surface area contributed by atoms with Crippen LogP contribution in [-0.2, 0) is 17.9 Å².